The molecule has 2 aromatic rings. The summed E-state index contributed by atoms with van der Waals surface area (Å²) in [7, 11) is 0. The number of fused-ring (bicyclic) bond motifs is 1. The van der Waals surface area contributed by atoms with E-state index in [0.717, 1.165) is 16.5 Å². The van der Waals surface area contributed by atoms with E-state index < -0.39 is 0 Å². The van der Waals surface area contributed by atoms with E-state index >= 15 is 0 Å². The first-order chi connectivity index (χ1) is 6.76. The molecule has 0 aliphatic heterocycles. The Balaban J connectivity index is 2.74. The Hall–Kier alpha value is 0.0600. The van der Waals surface area contributed by atoms with Crippen LogP contribution >= 0.6 is 49.9 Å². The van der Waals surface area contributed by atoms with Crippen molar-refractivity contribution in [3.8, 4) is 0 Å². The Morgan fingerprint density at radius 1 is 1.50 bits per heavy atom. The number of hydrogen-bond acceptors (Lipinski definition) is 2. The summed E-state index contributed by atoms with van der Waals surface area (Å²) in [6, 6.07) is 6.14. The average molecular weight is 381 g/mol. The van der Waals surface area contributed by atoms with E-state index in [1.165, 1.54) is 19.2 Å². The standard InChI is InChI=1S/C10H6BrIOS/c11-4-6-1-2-9-8(10(6)12)3-7(5-13)14-9/h1-3,5H,4H2. The number of hydrogen-bond donors (Lipinski definition) is 0. The van der Waals surface area contributed by atoms with Gasteiger partial charge in [0.1, 0.15) is 0 Å². The molecule has 1 nitrogen and oxygen atoms in total. The van der Waals surface area contributed by atoms with E-state index in [0.29, 0.717) is 0 Å². The van der Waals surface area contributed by atoms with E-state index in [2.05, 4.69) is 50.7 Å². The highest BCUT2D eigenvalue weighted by molar-refractivity contribution is 14.1. The number of alkyl halides is 1. The molecular formula is C10H6BrIOS. The number of carbonyl (C=O) groups excluding carboxylic acids is 1. The van der Waals surface area contributed by atoms with Crippen LogP contribution in [0.3, 0.4) is 0 Å². The maximum absolute atomic E-state index is 10.6. The first kappa shape index (κ1) is 10.6. The molecule has 0 saturated heterocycles. The van der Waals surface area contributed by atoms with Crippen LogP contribution in [0.1, 0.15) is 15.2 Å². The molecule has 14 heavy (non-hydrogen) atoms. The Labute approximate surface area is 108 Å². The van der Waals surface area contributed by atoms with E-state index in [1.807, 2.05) is 6.07 Å². The van der Waals surface area contributed by atoms with E-state index in [9.17, 15) is 4.79 Å². The molecule has 4 heteroatoms. The molecule has 1 aromatic carbocycles. The lowest BCUT2D eigenvalue weighted by molar-refractivity contribution is 0.112. The molecule has 0 unspecified atom stereocenters. The maximum atomic E-state index is 10.6. The second-order valence-electron chi connectivity index (χ2n) is 2.85. The zero-order valence-corrected chi connectivity index (χ0v) is 11.6. The predicted octanol–water partition coefficient (Wildman–Crippen LogP) is 4.21. The highest BCUT2D eigenvalue weighted by Crippen LogP contribution is 2.31. The lowest BCUT2D eigenvalue weighted by Crippen LogP contribution is -1.82. The molecule has 0 bridgehead atoms. The summed E-state index contributed by atoms with van der Waals surface area (Å²) in [4.78, 5) is 11.4. The van der Waals surface area contributed by atoms with Crippen molar-refractivity contribution in [3.63, 3.8) is 0 Å². The van der Waals surface area contributed by atoms with Gasteiger partial charge in [0, 0.05) is 19.0 Å². The van der Waals surface area contributed by atoms with Crippen LogP contribution in [0.2, 0.25) is 0 Å². The smallest absolute Gasteiger partial charge is 0.160 e. The minimum absolute atomic E-state index is 0.796. The number of halogens is 2. The monoisotopic (exact) mass is 380 g/mol. The SMILES string of the molecule is O=Cc1cc2c(I)c(CBr)ccc2s1. The Bertz CT molecular complexity index is 492. The molecule has 0 aliphatic rings. The van der Waals surface area contributed by atoms with Crippen LogP contribution in [0.15, 0.2) is 18.2 Å². The van der Waals surface area contributed by atoms with Crippen LogP contribution < -0.4 is 0 Å². The summed E-state index contributed by atoms with van der Waals surface area (Å²) in [5.41, 5.74) is 1.27. The summed E-state index contributed by atoms with van der Waals surface area (Å²) in [5.74, 6) is 0. The van der Waals surface area contributed by atoms with Gasteiger partial charge in [-0.1, -0.05) is 22.0 Å². The fraction of sp³-hybridized carbons (Fsp3) is 0.100. The van der Waals surface area contributed by atoms with Gasteiger partial charge >= 0.3 is 0 Å². The lowest BCUT2D eigenvalue weighted by atomic mass is 10.2. The fourth-order valence-corrected chi connectivity index (χ4v) is 4.18. The molecule has 0 spiro atoms. The number of rotatable bonds is 2. The predicted molar refractivity (Wildman–Crippen MR) is 72.6 cm³/mol. The van der Waals surface area contributed by atoms with Crippen LogP contribution in [0.4, 0.5) is 0 Å². The first-order valence-corrected chi connectivity index (χ1v) is 7.00. The topological polar surface area (TPSA) is 17.1 Å². The Kier molecular flexibility index (Phi) is 3.23. The van der Waals surface area contributed by atoms with Gasteiger partial charge in [-0.05, 0) is 40.3 Å². The molecular weight excluding hydrogens is 375 g/mol. The molecule has 72 valence electrons. The van der Waals surface area contributed by atoms with Crippen LogP contribution in [0.25, 0.3) is 10.1 Å². The second-order valence-corrected chi connectivity index (χ2v) is 5.61. The molecule has 0 fully saturated rings. The van der Waals surface area contributed by atoms with Gasteiger partial charge in [-0.3, -0.25) is 4.79 Å². The molecule has 0 N–H and O–H groups in total. The zero-order chi connectivity index (χ0) is 10.1. The van der Waals surface area contributed by atoms with Crippen molar-refractivity contribution in [2.24, 2.45) is 0 Å². The van der Waals surface area contributed by atoms with E-state index in [4.69, 9.17) is 0 Å². The van der Waals surface area contributed by atoms with Gasteiger partial charge in [0.25, 0.3) is 0 Å². The minimum atomic E-state index is 0.796. The summed E-state index contributed by atoms with van der Waals surface area (Å²) in [5, 5.41) is 2.04. The van der Waals surface area contributed by atoms with Gasteiger partial charge in [-0.15, -0.1) is 11.3 Å². The third-order valence-electron chi connectivity index (χ3n) is 1.99. The van der Waals surface area contributed by atoms with Crippen LogP contribution in [-0.4, -0.2) is 6.29 Å². The third-order valence-corrected chi connectivity index (χ3v) is 4.90. The highest BCUT2D eigenvalue weighted by Gasteiger charge is 2.07. The van der Waals surface area contributed by atoms with Crippen molar-refractivity contribution in [1.82, 2.24) is 0 Å². The average Bonchev–Trinajstić information content (AvgIpc) is 2.62. The van der Waals surface area contributed by atoms with Crippen molar-refractivity contribution >= 4 is 66.2 Å². The van der Waals surface area contributed by atoms with Crippen LogP contribution in [0.5, 0.6) is 0 Å². The number of thiophene rings is 1. The normalized spacial score (nSPS) is 10.7. The van der Waals surface area contributed by atoms with Crippen molar-refractivity contribution in [1.29, 1.82) is 0 Å². The minimum Gasteiger partial charge on any atom is -0.297 e. The summed E-state index contributed by atoms with van der Waals surface area (Å²) in [6.45, 7) is 0. The van der Waals surface area contributed by atoms with Gasteiger partial charge in [0.05, 0.1) is 4.88 Å². The van der Waals surface area contributed by atoms with Crippen LogP contribution in [0, 0.1) is 3.57 Å². The third kappa shape index (κ3) is 1.75. The second kappa shape index (κ2) is 4.28. The van der Waals surface area contributed by atoms with Gasteiger partial charge in [0.15, 0.2) is 6.29 Å². The van der Waals surface area contributed by atoms with E-state index in [-0.39, 0.29) is 0 Å². The molecule has 0 amide bonds. The molecule has 0 atom stereocenters. The fourth-order valence-electron chi connectivity index (χ4n) is 1.30. The molecule has 0 aliphatic carbocycles. The largest absolute Gasteiger partial charge is 0.297 e. The Morgan fingerprint density at radius 3 is 2.93 bits per heavy atom. The van der Waals surface area contributed by atoms with Gasteiger partial charge in [0.2, 0.25) is 0 Å². The molecule has 2 rings (SSSR count). The molecule has 0 saturated carbocycles. The highest BCUT2D eigenvalue weighted by atomic mass is 127. The van der Waals surface area contributed by atoms with Gasteiger partial charge in [-0.25, -0.2) is 0 Å². The summed E-state index contributed by atoms with van der Waals surface area (Å²) in [6.07, 6.45) is 0.911. The van der Waals surface area contributed by atoms with Crippen molar-refractivity contribution in [3.05, 3.63) is 32.2 Å². The summed E-state index contributed by atoms with van der Waals surface area (Å²) >= 11 is 7.32. The maximum Gasteiger partial charge on any atom is 0.160 e. The summed E-state index contributed by atoms with van der Waals surface area (Å²) < 4.78 is 2.42. The van der Waals surface area contributed by atoms with Crippen molar-refractivity contribution < 1.29 is 4.79 Å². The van der Waals surface area contributed by atoms with Crippen molar-refractivity contribution in [2.75, 3.05) is 0 Å². The van der Waals surface area contributed by atoms with Crippen LogP contribution in [-0.2, 0) is 5.33 Å². The molecule has 1 aromatic heterocycles. The van der Waals surface area contributed by atoms with Gasteiger partial charge in [-0.2, -0.15) is 0 Å². The molecule has 1 heterocycles. The quantitative estimate of drug-likeness (QED) is 0.433. The lowest BCUT2D eigenvalue weighted by Gasteiger charge is -2.00. The number of aldehydes is 1. The zero-order valence-electron chi connectivity index (χ0n) is 7.09. The number of benzene rings is 1. The van der Waals surface area contributed by atoms with Gasteiger partial charge < -0.3 is 0 Å². The Morgan fingerprint density at radius 2 is 2.29 bits per heavy atom. The van der Waals surface area contributed by atoms with E-state index in [1.54, 1.807) is 11.3 Å². The molecule has 0 radical (unpaired) electrons. The first-order valence-electron chi connectivity index (χ1n) is 3.98. The number of carbonyl (C=O) groups is 1. The van der Waals surface area contributed by atoms with Crippen molar-refractivity contribution in [2.45, 2.75) is 5.33 Å².